The number of amides is 3. The average Bonchev–Trinajstić information content (AvgIpc) is 1.75. The van der Waals surface area contributed by atoms with Crippen molar-refractivity contribution in [2.45, 2.75) is 62.3 Å². The molecule has 0 unspecified atom stereocenters. The van der Waals surface area contributed by atoms with Crippen molar-refractivity contribution in [1.29, 1.82) is 0 Å². The first-order valence-electron chi connectivity index (χ1n) is 31.5. The highest BCUT2D eigenvalue weighted by atomic mass is 32.1. The van der Waals surface area contributed by atoms with E-state index in [2.05, 4.69) is 25.9 Å². The number of alkyl carbamates (subject to hydrolysis) is 1. The first kappa shape index (κ1) is 80.1. The lowest BCUT2D eigenvalue weighted by Crippen LogP contribution is -2.49. The Morgan fingerprint density at radius 2 is 0.848 bits per heavy atom. The third-order valence-electron chi connectivity index (χ3n) is 14.9. The van der Waals surface area contributed by atoms with Gasteiger partial charge in [0, 0.05) is 65.4 Å². The van der Waals surface area contributed by atoms with Crippen molar-refractivity contribution in [1.82, 2.24) is 30.9 Å². The number of aliphatic carboxylic acids is 1. The minimum atomic E-state index is -1.12. The Morgan fingerprint density at radius 1 is 0.476 bits per heavy atom. The Morgan fingerprint density at radius 3 is 1.19 bits per heavy atom. The van der Waals surface area contributed by atoms with Crippen molar-refractivity contribution in [3.05, 3.63) is 300 Å². The van der Waals surface area contributed by atoms with Gasteiger partial charge in [-0.3, -0.25) is 39.9 Å². The number of carbonyl (C=O) groups excluding carboxylic acids is 3. The number of hydrogen-bond acceptors (Lipinski definition) is 25. The van der Waals surface area contributed by atoms with Crippen LogP contribution in [0, 0.1) is 30.3 Å². The molecule has 5 atom stereocenters. The molecule has 5 aromatic carbocycles. The molecule has 3 amide bonds. The molecule has 25 nitrogen and oxygen atoms in total. The Balaban J connectivity index is 0.000000178. The number of nitro groups is 3. The fourth-order valence-electron chi connectivity index (χ4n) is 9.58. The third-order valence-corrected chi connectivity index (χ3v) is 21.8. The zero-order valence-electron chi connectivity index (χ0n) is 55.6. The quantitative estimate of drug-likeness (QED) is 0.0142. The predicted octanol–water partition coefficient (Wildman–Crippen LogP) is 14.4. The second-order valence-electron chi connectivity index (χ2n) is 22.3. The molecule has 33 heteroatoms. The number of ether oxygens (including phenoxy) is 1. The highest BCUT2D eigenvalue weighted by molar-refractivity contribution is 7.81. The number of aliphatic hydroxyl groups is 1. The molecule has 105 heavy (non-hydrogen) atoms. The summed E-state index contributed by atoms with van der Waals surface area (Å²) in [6, 6.07) is 50.5. The maximum Gasteiger partial charge on any atom is 0.407 e. The Kier molecular flexibility index (Phi) is 31.3. The van der Waals surface area contributed by atoms with Gasteiger partial charge in [-0.2, -0.15) is 0 Å². The summed E-state index contributed by atoms with van der Waals surface area (Å²) < 4.78 is 4.73. The van der Waals surface area contributed by atoms with E-state index in [1.807, 2.05) is 123 Å². The van der Waals surface area contributed by atoms with Crippen molar-refractivity contribution >= 4 is 138 Å². The number of carboxylic acid groups (broad SMARTS) is 1. The van der Waals surface area contributed by atoms with Crippen LogP contribution in [-0.2, 0) is 51.2 Å². The standard InChI is InChI=1S/C26H24N4O5S2.2C15H13N3O2S2.C11H13NO4.C5H5NS2/c1-35-26(32)29-21(15-17-6-3-2-4-7-17)24(31)27-20(14-18-9-11-19(12-10-18)30(33)34)22-16-37-25(28-22)23-8-5-13-36-23;2*16-12(8-10-3-5-11(6-4-10)18(19)20)13-9-22-15(17-13)14-2-1-7-21-14;13-7-10(14)12-9(11(15)16)6-8-4-2-1-3-5-8;6-5(7)4-2-1-3-8-4/h2-13,16,20-21H,14-15H2,1H3,(H,27,31)(H,29,32);2*1-7,9,12H,8,16H2;1-5,9,13H,6-7H2,(H,12,14)(H,15,16);1-3H,(H2,6,7)/t20-,21-;2*12-;9-;/m0000./s1. The molecule has 11 N–H and O–H groups in total. The van der Waals surface area contributed by atoms with Crippen molar-refractivity contribution in [2.24, 2.45) is 17.2 Å². The normalized spacial score (nSPS) is 12.0. The minimum absolute atomic E-state index is 0.0109. The van der Waals surface area contributed by atoms with Gasteiger partial charge in [-0.1, -0.05) is 134 Å². The second-order valence-corrected chi connectivity index (χ2v) is 29.2. The van der Waals surface area contributed by atoms with E-state index < -0.39 is 63.4 Å². The Bertz CT molecular complexity index is 4570. The molecule has 0 fully saturated rings. The summed E-state index contributed by atoms with van der Waals surface area (Å²) in [5.41, 5.74) is 24.7. The van der Waals surface area contributed by atoms with Crippen LogP contribution in [0.15, 0.2) is 220 Å². The highest BCUT2D eigenvalue weighted by Crippen LogP contribution is 2.34. The summed E-state index contributed by atoms with van der Waals surface area (Å²) in [6.07, 6.45) is 1.31. The van der Waals surface area contributed by atoms with E-state index >= 15 is 0 Å². The largest absolute Gasteiger partial charge is 0.480 e. The van der Waals surface area contributed by atoms with Crippen molar-refractivity contribution in [3.63, 3.8) is 0 Å². The lowest BCUT2D eigenvalue weighted by Gasteiger charge is -2.22. The van der Waals surface area contributed by atoms with Crippen LogP contribution in [0.2, 0.25) is 0 Å². The van der Waals surface area contributed by atoms with Crippen LogP contribution in [0.1, 0.15) is 67.9 Å². The molecule has 7 aromatic heterocycles. The summed E-state index contributed by atoms with van der Waals surface area (Å²) >= 11 is 15.8. The van der Waals surface area contributed by atoms with Gasteiger partial charge >= 0.3 is 12.1 Å². The fourth-order valence-corrected chi connectivity index (χ4v) is 15.5. The number of thiophene rings is 4. The first-order valence-corrected chi connectivity index (χ1v) is 38.1. The van der Waals surface area contributed by atoms with E-state index in [9.17, 15) is 49.5 Å². The van der Waals surface area contributed by atoms with Gasteiger partial charge in [0.15, 0.2) is 0 Å². The number of methoxy groups -OCH3 is 1. The second kappa shape index (κ2) is 41.1. The zero-order valence-corrected chi connectivity index (χ0v) is 62.1. The molecule has 0 spiro atoms. The summed E-state index contributed by atoms with van der Waals surface area (Å²) in [6.45, 7) is -0.710. The molecule has 0 saturated heterocycles. The highest BCUT2D eigenvalue weighted by Gasteiger charge is 2.28. The van der Waals surface area contributed by atoms with E-state index in [0.29, 0.717) is 29.9 Å². The summed E-state index contributed by atoms with van der Waals surface area (Å²) in [5.74, 6) is -2.21. The number of carboxylic acids is 1. The topological polar surface area (TPSA) is 400 Å². The van der Waals surface area contributed by atoms with Crippen molar-refractivity contribution < 1.29 is 48.9 Å². The number of non-ortho nitro benzene ring substituents is 3. The number of benzene rings is 5. The summed E-state index contributed by atoms with van der Waals surface area (Å²) in [4.78, 5) is 97.0. The number of aliphatic hydroxyl groups excluding tert-OH is 1. The zero-order chi connectivity index (χ0) is 75.2. The molecule has 12 rings (SSSR count). The smallest absolute Gasteiger partial charge is 0.407 e. The van der Waals surface area contributed by atoms with Crippen LogP contribution in [0.25, 0.3) is 29.7 Å². The number of nitrogens with one attached hydrogen (secondary N) is 3. The van der Waals surface area contributed by atoms with Gasteiger partial charge in [-0.15, -0.1) is 79.4 Å². The summed E-state index contributed by atoms with van der Waals surface area (Å²) in [5, 5.41) is 74.2. The van der Waals surface area contributed by atoms with Crippen LogP contribution in [-0.4, -0.2) is 94.6 Å². The van der Waals surface area contributed by atoms with E-state index in [-0.39, 0.29) is 42.0 Å². The lowest BCUT2D eigenvalue weighted by atomic mass is 10.0. The molecule has 0 radical (unpaired) electrons. The van der Waals surface area contributed by atoms with E-state index in [0.717, 1.165) is 73.7 Å². The SMILES string of the molecule is COC(=O)N[C@@H](Cc1ccccc1)C(=O)N[C@@H](Cc1ccc([N+](=O)[O-])cc1)c1csc(-c2cccs2)n1.NC(=S)c1cccs1.N[C@@H](Cc1ccc([N+](=O)[O-])cc1)c1csc(-c2cccs2)n1.N[C@@H](Cc1ccc([N+](=O)[O-])cc1)c1csc(-c2cccs2)n1.O=C(CO)N[C@@H](Cc1ccccc1)C(=O)O. The van der Waals surface area contributed by atoms with Gasteiger partial charge in [0.1, 0.15) is 38.7 Å². The van der Waals surface area contributed by atoms with Crippen LogP contribution in [0.3, 0.4) is 0 Å². The minimum Gasteiger partial charge on any atom is -0.480 e. The van der Waals surface area contributed by atoms with Gasteiger partial charge in [0.25, 0.3) is 17.1 Å². The first-order chi connectivity index (χ1) is 50.6. The monoisotopic (exact) mass is 1560 g/mol. The predicted molar refractivity (Wildman–Crippen MR) is 418 cm³/mol. The van der Waals surface area contributed by atoms with Crippen LogP contribution < -0.4 is 33.2 Å². The number of aromatic nitrogens is 3. The maximum atomic E-state index is 13.5. The van der Waals surface area contributed by atoms with E-state index in [4.69, 9.17) is 49.4 Å². The molecule has 7 heterocycles. The van der Waals surface area contributed by atoms with Crippen LogP contribution in [0.4, 0.5) is 21.9 Å². The number of thiazole rings is 3. The lowest BCUT2D eigenvalue weighted by molar-refractivity contribution is -0.385. The third kappa shape index (κ3) is 25.7. The number of rotatable bonds is 26. The number of hydrogen-bond donors (Lipinski definition) is 8. The number of thiocarbonyl (C=S) groups is 1. The van der Waals surface area contributed by atoms with Gasteiger partial charge < -0.3 is 48.1 Å². The molecule has 12 aromatic rings. The molecular weight excluding hydrogens is 1500 g/mol. The van der Waals surface area contributed by atoms with Crippen molar-refractivity contribution in [3.8, 4) is 29.7 Å². The molecular formula is C72H68N12O13S8. The fraction of sp³-hybridized carbons (Fsp3) is 0.167. The Hall–Kier alpha value is -10.6. The molecule has 0 aliphatic heterocycles. The van der Waals surface area contributed by atoms with E-state index in [1.165, 1.54) is 54.8 Å². The number of nitrogens with two attached hydrogens (primary N) is 3. The van der Waals surface area contributed by atoms with Crippen LogP contribution >= 0.6 is 91.6 Å². The average molecular weight is 1570 g/mol. The Labute approximate surface area is 635 Å². The number of nitrogens with zero attached hydrogens (tertiary/aromatic N) is 6. The molecule has 542 valence electrons. The molecule has 0 saturated carbocycles. The maximum absolute atomic E-state index is 13.5. The van der Waals surface area contributed by atoms with E-state index in [1.54, 1.807) is 129 Å². The van der Waals surface area contributed by atoms with Gasteiger partial charge in [-0.05, 0) is 92.9 Å². The van der Waals surface area contributed by atoms with Crippen molar-refractivity contribution in [2.75, 3.05) is 13.7 Å². The molecule has 0 aliphatic carbocycles. The number of nitro benzene ring substituents is 3. The van der Waals surface area contributed by atoms with Gasteiger partial charge in [0.05, 0.1) is 76.6 Å². The van der Waals surface area contributed by atoms with Crippen LogP contribution in [0.5, 0.6) is 0 Å². The molecule has 0 aliphatic rings. The summed E-state index contributed by atoms with van der Waals surface area (Å²) in [7, 11) is 1.24. The van der Waals surface area contributed by atoms with Gasteiger partial charge in [0.2, 0.25) is 11.8 Å². The molecule has 0 bridgehead atoms. The number of carbonyl (C=O) groups is 4. The van der Waals surface area contributed by atoms with Gasteiger partial charge in [-0.25, -0.2) is 24.5 Å².